The number of methoxy groups -OCH3 is 1. The van der Waals surface area contributed by atoms with Crippen LogP contribution in [0.5, 0.6) is 5.75 Å². The molecule has 0 radical (unpaired) electrons. The molecule has 6 heteroatoms. The van der Waals surface area contributed by atoms with Gasteiger partial charge >= 0.3 is 0 Å². The fourth-order valence-electron chi connectivity index (χ4n) is 3.61. The van der Waals surface area contributed by atoms with E-state index < -0.39 is 0 Å². The maximum atomic E-state index is 11.3. The van der Waals surface area contributed by atoms with E-state index >= 15 is 0 Å². The van der Waals surface area contributed by atoms with Crippen LogP contribution in [0.3, 0.4) is 0 Å². The zero-order valence-electron chi connectivity index (χ0n) is 16.8. The van der Waals surface area contributed by atoms with Gasteiger partial charge in [-0.1, -0.05) is 12.1 Å². The number of hydrogen-bond donors (Lipinski definition) is 1. The van der Waals surface area contributed by atoms with Gasteiger partial charge in [0, 0.05) is 49.3 Å². The zero-order valence-corrected chi connectivity index (χ0v) is 16.8. The third-order valence-corrected chi connectivity index (χ3v) is 5.10. The number of nitrogens with zero attached hydrogens (tertiary/aromatic N) is 2. The van der Waals surface area contributed by atoms with Gasteiger partial charge in [-0.3, -0.25) is 9.69 Å². The van der Waals surface area contributed by atoms with E-state index in [2.05, 4.69) is 22.3 Å². The molecule has 2 heterocycles. The first kappa shape index (κ1) is 19.4. The van der Waals surface area contributed by atoms with E-state index in [0.717, 1.165) is 66.4 Å². The second-order valence-electron chi connectivity index (χ2n) is 7.20. The lowest BCUT2D eigenvalue weighted by atomic mass is 10.0. The Bertz CT molecular complexity index is 1010. The SMILES string of the molecule is COc1ccc2c(CN3CCOCC3)cc(-c3ccc(NC(C)=O)cc3)nc2c1. The number of ether oxygens (including phenoxy) is 2. The van der Waals surface area contributed by atoms with Gasteiger partial charge in [0.15, 0.2) is 0 Å². The highest BCUT2D eigenvalue weighted by molar-refractivity contribution is 5.89. The van der Waals surface area contributed by atoms with E-state index in [0.29, 0.717) is 0 Å². The molecule has 0 bridgehead atoms. The molecule has 1 N–H and O–H groups in total. The molecule has 0 spiro atoms. The molecular formula is C23H25N3O3. The van der Waals surface area contributed by atoms with Crippen molar-refractivity contribution in [3.8, 4) is 17.0 Å². The Labute approximate surface area is 170 Å². The summed E-state index contributed by atoms with van der Waals surface area (Å²) in [5, 5.41) is 3.93. The van der Waals surface area contributed by atoms with Gasteiger partial charge < -0.3 is 14.8 Å². The normalized spacial score (nSPS) is 14.7. The molecule has 0 aliphatic carbocycles. The summed E-state index contributed by atoms with van der Waals surface area (Å²) in [4.78, 5) is 18.6. The van der Waals surface area contributed by atoms with Gasteiger partial charge in [-0.05, 0) is 35.9 Å². The second-order valence-corrected chi connectivity index (χ2v) is 7.20. The number of fused-ring (bicyclic) bond motifs is 1. The first-order valence-corrected chi connectivity index (χ1v) is 9.78. The van der Waals surface area contributed by atoms with Crippen molar-refractivity contribution >= 4 is 22.5 Å². The topological polar surface area (TPSA) is 63.7 Å². The number of carbonyl (C=O) groups excluding carboxylic acids is 1. The average molecular weight is 391 g/mol. The lowest BCUT2D eigenvalue weighted by molar-refractivity contribution is -0.114. The van der Waals surface area contributed by atoms with E-state index in [1.165, 1.54) is 12.5 Å². The molecule has 1 amide bonds. The Balaban J connectivity index is 1.73. The molecule has 1 aromatic heterocycles. The van der Waals surface area contributed by atoms with Crippen molar-refractivity contribution in [2.75, 3.05) is 38.7 Å². The van der Waals surface area contributed by atoms with Gasteiger partial charge in [-0.15, -0.1) is 0 Å². The van der Waals surface area contributed by atoms with E-state index in [9.17, 15) is 4.79 Å². The summed E-state index contributed by atoms with van der Waals surface area (Å²) >= 11 is 0. The summed E-state index contributed by atoms with van der Waals surface area (Å²) in [5.74, 6) is 0.710. The maximum absolute atomic E-state index is 11.3. The minimum Gasteiger partial charge on any atom is -0.497 e. The number of amides is 1. The summed E-state index contributed by atoms with van der Waals surface area (Å²) in [6.45, 7) is 5.76. The van der Waals surface area contributed by atoms with E-state index in [4.69, 9.17) is 14.5 Å². The molecule has 3 aromatic rings. The Kier molecular flexibility index (Phi) is 5.74. The van der Waals surface area contributed by atoms with Gasteiger partial charge in [-0.2, -0.15) is 0 Å². The monoisotopic (exact) mass is 391 g/mol. The molecule has 0 unspecified atom stereocenters. The van der Waals surface area contributed by atoms with E-state index in [1.807, 2.05) is 36.4 Å². The molecule has 0 atom stereocenters. The molecule has 1 aliphatic rings. The highest BCUT2D eigenvalue weighted by Crippen LogP contribution is 2.29. The van der Waals surface area contributed by atoms with Gasteiger partial charge in [0.25, 0.3) is 0 Å². The van der Waals surface area contributed by atoms with Crippen LogP contribution >= 0.6 is 0 Å². The van der Waals surface area contributed by atoms with Crippen LogP contribution in [0.15, 0.2) is 48.5 Å². The number of pyridine rings is 1. The van der Waals surface area contributed by atoms with Crippen molar-refractivity contribution in [1.82, 2.24) is 9.88 Å². The smallest absolute Gasteiger partial charge is 0.221 e. The maximum Gasteiger partial charge on any atom is 0.221 e. The number of rotatable bonds is 5. The minimum absolute atomic E-state index is 0.0820. The molecule has 150 valence electrons. The van der Waals surface area contributed by atoms with Crippen LogP contribution in [0.4, 0.5) is 5.69 Å². The number of benzene rings is 2. The summed E-state index contributed by atoms with van der Waals surface area (Å²) in [6.07, 6.45) is 0. The Hall–Kier alpha value is -2.96. The van der Waals surface area contributed by atoms with E-state index in [1.54, 1.807) is 7.11 Å². The zero-order chi connectivity index (χ0) is 20.2. The molecular weight excluding hydrogens is 366 g/mol. The summed E-state index contributed by atoms with van der Waals surface area (Å²) in [6, 6.07) is 16.0. The highest BCUT2D eigenvalue weighted by atomic mass is 16.5. The second kappa shape index (κ2) is 8.59. The van der Waals surface area contributed by atoms with Crippen molar-refractivity contribution in [3.63, 3.8) is 0 Å². The van der Waals surface area contributed by atoms with Crippen LogP contribution in [-0.4, -0.2) is 49.2 Å². The molecule has 4 rings (SSSR count). The molecule has 0 saturated carbocycles. The third-order valence-electron chi connectivity index (χ3n) is 5.10. The number of nitrogens with one attached hydrogen (secondary N) is 1. The van der Waals surface area contributed by atoms with Gasteiger partial charge in [0.2, 0.25) is 5.91 Å². The van der Waals surface area contributed by atoms with Crippen molar-refractivity contribution in [2.45, 2.75) is 13.5 Å². The lowest BCUT2D eigenvalue weighted by Gasteiger charge is -2.27. The fraction of sp³-hybridized carbons (Fsp3) is 0.304. The summed E-state index contributed by atoms with van der Waals surface area (Å²) in [5.41, 5.74) is 4.84. The number of aromatic nitrogens is 1. The van der Waals surface area contributed by atoms with Crippen molar-refractivity contribution in [3.05, 3.63) is 54.1 Å². The predicted molar refractivity (Wildman–Crippen MR) is 114 cm³/mol. The quantitative estimate of drug-likeness (QED) is 0.719. The van der Waals surface area contributed by atoms with Gasteiger partial charge in [0.05, 0.1) is 31.5 Å². The number of hydrogen-bond acceptors (Lipinski definition) is 5. The third kappa shape index (κ3) is 4.55. The van der Waals surface area contributed by atoms with Gasteiger partial charge in [-0.25, -0.2) is 4.98 Å². The standard InChI is InChI=1S/C23H25N3O3/c1-16(27)24-19-5-3-17(4-6-19)22-13-18(15-26-9-11-29-12-10-26)21-8-7-20(28-2)14-23(21)25-22/h3-8,13-14H,9-12,15H2,1-2H3,(H,24,27). The van der Waals surface area contributed by atoms with Crippen LogP contribution in [0, 0.1) is 0 Å². The number of anilines is 1. The van der Waals surface area contributed by atoms with Crippen LogP contribution in [0.25, 0.3) is 22.2 Å². The molecule has 6 nitrogen and oxygen atoms in total. The highest BCUT2D eigenvalue weighted by Gasteiger charge is 2.15. The van der Waals surface area contributed by atoms with Crippen LogP contribution in [0.1, 0.15) is 12.5 Å². The van der Waals surface area contributed by atoms with Crippen LogP contribution < -0.4 is 10.1 Å². The Morgan fingerprint density at radius 1 is 1.14 bits per heavy atom. The molecule has 1 fully saturated rings. The average Bonchev–Trinajstić information content (AvgIpc) is 2.74. The van der Waals surface area contributed by atoms with Crippen molar-refractivity contribution in [2.24, 2.45) is 0 Å². The predicted octanol–water partition coefficient (Wildman–Crippen LogP) is 3.70. The van der Waals surface area contributed by atoms with Crippen molar-refractivity contribution < 1.29 is 14.3 Å². The lowest BCUT2D eigenvalue weighted by Crippen LogP contribution is -2.35. The largest absolute Gasteiger partial charge is 0.497 e. The molecule has 1 saturated heterocycles. The number of morpholine rings is 1. The first-order valence-electron chi connectivity index (χ1n) is 9.78. The molecule has 29 heavy (non-hydrogen) atoms. The fourth-order valence-corrected chi connectivity index (χ4v) is 3.61. The molecule has 2 aromatic carbocycles. The summed E-state index contributed by atoms with van der Waals surface area (Å²) < 4.78 is 10.9. The van der Waals surface area contributed by atoms with Gasteiger partial charge in [0.1, 0.15) is 5.75 Å². The van der Waals surface area contributed by atoms with Crippen LogP contribution in [-0.2, 0) is 16.1 Å². The van der Waals surface area contributed by atoms with E-state index in [-0.39, 0.29) is 5.91 Å². The summed E-state index contributed by atoms with van der Waals surface area (Å²) in [7, 11) is 1.67. The Morgan fingerprint density at radius 3 is 2.59 bits per heavy atom. The van der Waals surface area contributed by atoms with Crippen molar-refractivity contribution in [1.29, 1.82) is 0 Å². The van der Waals surface area contributed by atoms with Crippen LogP contribution in [0.2, 0.25) is 0 Å². The minimum atomic E-state index is -0.0820. The Morgan fingerprint density at radius 2 is 1.90 bits per heavy atom. The molecule has 1 aliphatic heterocycles. The number of carbonyl (C=O) groups is 1. The first-order chi connectivity index (χ1) is 14.1.